The molecular weight excluding hydrogens is 324 g/mol. The van der Waals surface area contributed by atoms with E-state index < -0.39 is 11.6 Å². The maximum Gasteiger partial charge on any atom is 0.311 e. The Bertz CT molecular complexity index is 815. The van der Waals surface area contributed by atoms with Crippen molar-refractivity contribution in [2.45, 2.75) is 13.0 Å². The molecule has 2 aromatic heterocycles. The molecule has 0 radical (unpaired) electrons. The SMILES string of the molecule is O=C(Cc1cccs1)OCc1cc(-c2ccc(F)cc2F)on1. The van der Waals surface area contributed by atoms with Gasteiger partial charge in [-0.05, 0) is 23.6 Å². The van der Waals surface area contributed by atoms with Crippen LogP contribution in [0, 0.1) is 11.6 Å². The lowest BCUT2D eigenvalue weighted by Crippen LogP contribution is -2.07. The summed E-state index contributed by atoms with van der Waals surface area (Å²) >= 11 is 1.47. The van der Waals surface area contributed by atoms with E-state index in [0.717, 1.165) is 17.0 Å². The Hall–Kier alpha value is -2.54. The zero-order chi connectivity index (χ0) is 16.2. The predicted molar refractivity (Wildman–Crippen MR) is 79.7 cm³/mol. The molecule has 4 nitrogen and oxygen atoms in total. The highest BCUT2D eigenvalue weighted by atomic mass is 32.1. The van der Waals surface area contributed by atoms with Gasteiger partial charge in [0.25, 0.3) is 0 Å². The van der Waals surface area contributed by atoms with Crippen molar-refractivity contribution in [3.63, 3.8) is 0 Å². The molecule has 3 rings (SSSR count). The number of benzene rings is 1. The highest BCUT2D eigenvalue weighted by Gasteiger charge is 2.13. The standard InChI is InChI=1S/C16H11F2NO3S/c17-10-3-4-13(14(18)6-10)15-7-11(19-22-15)9-21-16(20)8-12-2-1-5-23-12/h1-7H,8-9H2. The largest absolute Gasteiger partial charge is 0.459 e. The minimum Gasteiger partial charge on any atom is -0.459 e. The van der Waals surface area contributed by atoms with Gasteiger partial charge < -0.3 is 9.26 Å². The van der Waals surface area contributed by atoms with Crippen LogP contribution in [0.1, 0.15) is 10.6 Å². The lowest BCUT2D eigenvalue weighted by molar-refractivity contribution is -0.144. The fraction of sp³-hybridized carbons (Fsp3) is 0.125. The maximum absolute atomic E-state index is 13.7. The van der Waals surface area contributed by atoms with Crippen LogP contribution in [0.3, 0.4) is 0 Å². The van der Waals surface area contributed by atoms with E-state index in [4.69, 9.17) is 9.26 Å². The zero-order valence-corrected chi connectivity index (χ0v) is 12.6. The van der Waals surface area contributed by atoms with E-state index in [1.807, 2.05) is 17.5 Å². The molecule has 7 heteroatoms. The highest BCUT2D eigenvalue weighted by molar-refractivity contribution is 7.10. The van der Waals surface area contributed by atoms with E-state index in [9.17, 15) is 13.6 Å². The Morgan fingerprint density at radius 3 is 2.87 bits per heavy atom. The topological polar surface area (TPSA) is 52.3 Å². The number of hydrogen-bond acceptors (Lipinski definition) is 5. The molecule has 0 saturated heterocycles. The molecule has 23 heavy (non-hydrogen) atoms. The molecule has 0 spiro atoms. The molecule has 0 N–H and O–H groups in total. The molecule has 0 fully saturated rings. The average molecular weight is 335 g/mol. The quantitative estimate of drug-likeness (QED) is 0.662. The average Bonchev–Trinajstić information content (AvgIpc) is 3.17. The molecule has 0 aliphatic rings. The maximum atomic E-state index is 13.7. The van der Waals surface area contributed by atoms with Gasteiger partial charge in [0.2, 0.25) is 0 Å². The summed E-state index contributed by atoms with van der Waals surface area (Å²) in [4.78, 5) is 12.6. The second-order valence-corrected chi connectivity index (χ2v) is 5.76. The van der Waals surface area contributed by atoms with Crippen molar-refractivity contribution >= 4 is 17.3 Å². The Balaban J connectivity index is 1.62. The molecule has 0 atom stereocenters. The van der Waals surface area contributed by atoms with Crippen molar-refractivity contribution in [1.29, 1.82) is 0 Å². The number of ether oxygens (including phenoxy) is 1. The van der Waals surface area contributed by atoms with E-state index in [1.165, 1.54) is 23.5 Å². The molecular formula is C16H11F2NO3S. The number of carbonyl (C=O) groups is 1. The third-order valence-corrected chi connectivity index (χ3v) is 3.91. The van der Waals surface area contributed by atoms with Gasteiger partial charge in [0, 0.05) is 17.0 Å². The molecule has 0 bridgehead atoms. The van der Waals surface area contributed by atoms with Gasteiger partial charge in [-0.2, -0.15) is 0 Å². The molecule has 0 aliphatic carbocycles. The van der Waals surface area contributed by atoms with E-state index in [2.05, 4.69) is 5.16 Å². The van der Waals surface area contributed by atoms with Gasteiger partial charge in [0.15, 0.2) is 5.76 Å². The number of carbonyl (C=O) groups excluding carboxylic acids is 1. The molecule has 1 aromatic carbocycles. The minimum absolute atomic E-state index is 0.0729. The van der Waals surface area contributed by atoms with Crippen molar-refractivity contribution in [2.24, 2.45) is 0 Å². The van der Waals surface area contributed by atoms with Crippen LogP contribution in [0.2, 0.25) is 0 Å². The van der Waals surface area contributed by atoms with Crippen LogP contribution in [0.5, 0.6) is 0 Å². The molecule has 0 amide bonds. The van der Waals surface area contributed by atoms with Crippen LogP contribution >= 0.6 is 11.3 Å². The Kier molecular flexibility index (Phi) is 4.47. The summed E-state index contributed by atoms with van der Waals surface area (Å²) in [7, 11) is 0. The Morgan fingerprint density at radius 2 is 2.13 bits per heavy atom. The van der Waals surface area contributed by atoms with Crippen molar-refractivity contribution in [2.75, 3.05) is 0 Å². The predicted octanol–water partition coefficient (Wildman–Crippen LogP) is 3.97. The lowest BCUT2D eigenvalue weighted by Gasteiger charge is -2.00. The molecule has 3 aromatic rings. The van der Waals surface area contributed by atoms with E-state index in [-0.39, 0.29) is 30.3 Å². The van der Waals surface area contributed by atoms with E-state index >= 15 is 0 Å². The number of aromatic nitrogens is 1. The van der Waals surface area contributed by atoms with Crippen LogP contribution in [-0.2, 0) is 22.6 Å². The number of hydrogen-bond donors (Lipinski definition) is 0. The molecule has 0 unspecified atom stereocenters. The summed E-state index contributed by atoms with van der Waals surface area (Å²) in [6, 6.07) is 8.30. The number of rotatable bonds is 5. The monoisotopic (exact) mass is 335 g/mol. The number of esters is 1. The van der Waals surface area contributed by atoms with Gasteiger partial charge in [0.1, 0.15) is 23.9 Å². The smallest absolute Gasteiger partial charge is 0.311 e. The summed E-state index contributed by atoms with van der Waals surface area (Å²) in [5.41, 5.74) is 0.443. The second kappa shape index (κ2) is 6.70. The fourth-order valence-corrected chi connectivity index (χ4v) is 2.65. The lowest BCUT2D eigenvalue weighted by atomic mass is 10.1. The summed E-state index contributed by atoms with van der Waals surface area (Å²) in [5.74, 6) is -1.66. The highest BCUT2D eigenvalue weighted by Crippen LogP contribution is 2.24. The van der Waals surface area contributed by atoms with Crippen LogP contribution in [0.15, 0.2) is 46.3 Å². The van der Waals surface area contributed by atoms with Crippen molar-refractivity contribution in [3.05, 3.63) is 64.0 Å². The summed E-state index contributed by atoms with van der Waals surface area (Å²) < 4.78 is 36.6. The Labute approximate surface area is 134 Å². The fourth-order valence-electron chi connectivity index (χ4n) is 1.96. The zero-order valence-electron chi connectivity index (χ0n) is 11.8. The first-order chi connectivity index (χ1) is 11.1. The van der Waals surface area contributed by atoms with Crippen LogP contribution in [0.25, 0.3) is 11.3 Å². The van der Waals surface area contributed by atoms with Gasteiger partial charge in [-0.25, -0.2) is 8.78 Å². The summed E-state index contributed by atoms with van der Waals surface area (Å²) in [5, 5.41) is 5.59. The van der Waals surface area contributed by atoms with Crippen molar-refractivity contribution < 1.29 is 22.8 Å². The van der Waals surface area contributed by atoms with Crippen LogP contribution in [0.4, 0.5) is 8.78 Å². The van der Waals surface area contributed by atoms with Gasteiger partial charge in [-0.3, -0.25) is 4.79 Å². The van der Waals surface area contributed by atoms with Gasteiger partial charge >= 0.3 is 5.97 Å². The number of halogens is 2. The van der Waals surface area contributed by atoms with E-state index in [1.54, 1.807) is 0 Å². The normalized spacial score (nSPS) is 10.7. The summed E-state index contributed by atoms with van der Waals surface area (Å²) in [6.45, 7) is -0.0729. The first-order valence-corrected chi connectivity index (χ1v) is 7.59. The molecule has 118 valence electrons. The second-order valence-electron chi connectivity index (χ2n) is 4.72. The van der Waals surface area contributed by atoms with E-state index in [0.29, 0.717) is 5.69 Å². The number of nitrogens with zero attached hydrogens (tertiary/aromatic N) is 1. The van der Waals surface area contributed by atoms with Gasteiger partial charge in [-0.15, -0.1) is 11.3 Å². The van der Waals surface area contributed by atoms with Crippen molar-refractivity contribution in [3.8, 4) is 11.3 Å². The molecule has 0 aliphatic heterocycles. The number of thiophene rings is 1. The third-order valence-electron chi connectivity index (χ3n) is 3.04. The molecule has 2 heterocycles. The van der Waals surface area contributed by atoms with Gasteiger partial charge in [0.05, 0.1) is 12.0 Å². The third kappa shape index (κ3) is 3.81. The summed E-state index contributed by atoms with van der Waals surface area (Å²) in [6.07, 6.45) is 0.189. The Morgan fingerprint density at radius 1 is 1.26 bits per heavy atom. The minimum atomic E-state index is -0.748. The van der Waals surface area contributed by atoms with Gasteiger partial charge in [-0.1, -0.05) is 11.2 Å². The first kappa shape index (κ1) is 15.4. The molecule has 0 saturated carbocycles. The van der Waals surface area contributed by atoms with Crippen LogP contribution < -0.4 is 0 Å². The van der Waals surface area contributed by atoms with Crippen molar-refractivity contribution in [1.82, 2.24) is 5.16 Å². The first-order valence-electron chi connectivity index (χ1n) is 6.71. The van der Waals surface area contributed by atoms with Crippen LogP contribution in [-0.4, -0.2) is 11.1 Å².